The van der Waals surface area contributed by atoms with Crippen LogP contribution in [0.15, 0.2) is 24.8 Å². The Labute approximate surface area is 88.5 Å². The van der Waals surface area contributed by atoms with Crippen LogP contribution in [0.5, 0.6) is 0 Å². The predicted molar refractivity (Wildman–Crippen MR) is 57.0 cm³/mol. The van der Waals surface area contributed by atoms with E-state index in [1.54, 1.807) is 0 Å². The van der Waals surface area contributed by atoms with Gasteiger partial charge in [-0.25, -0.2) is 4.98 Å². The topological polar surface area (TPSA) is 61.7 Å². The summed E-state index contributed by atoms with van der Waals surface area (Å²) in [6, 6.07) is 2.03. The molecule has 0 amide bonds. The lowest BCUT2D eigenvalue weighted by Gasteiger charge is -2.02. The molecule has 0 saturated carbocycles. The Bertz CT molecular complexity index is 428. The van der Waals surface area contributed by atoms with Gasteiger partial charge in [0.15, 0.2) is 0 Å². The molecule has 0 unspecified atom stereocenters. The van der Waals surface area contributed by atoms with Gasteiger partial charge in [0.1, 0.15) is 0 Å². The van der Waals surface area contributed by atoms with Crippen LogP contribution in [0.1, 0.15) is 11.4 Å². The van der Waals surface area contributed by atoms with Crippen molar-refractivity contribution in [1.29, 1.82) is 0 Å². The molecule has 0 fully saturated rings. The van der Waals surface area contributed by atoms with Crippen LogP contribution in [-0.2, 0) is 26.6 Å². The van der Waals surface area contributed by atoms with Crippen LogP contribution in [0.2, 0.25) is 0 Å². The summed E-state index contributed by atoms with van der Waals surface area (Å²) in [5, 5.41) is 4.12. The first-order valence-electron chi connectivity index (χ1n) is 4.97. The zero-order valence-corrected chi connectivity index (χ0v) is 8.80. The van der Waals surface area contributed by atoms with E-state index in [0.717, 1.165) is 18.7 Å². The fraction of sp³-hybridized carbons (Fsp3) is 0.400. The highest BCUT2D eigenvalue weighted by Crippen LogP contribution is 2.01. The first-order valence-corrected chi connectivity index (χ1v) is 4.97. The second-order valence-electron chi connectivity index (χ2n) is 3.50. The average Bonchev–Trinajstić information content (AvgIpc) is 2.84. The second-order valence-corrected chi connectivity index (χ2v) is 3.50. The monoisotopic (exact) mass is 205 g/mol. The van der Waals surface area contributed by atoms with Gasteiger partial charge in [0, 0.05) is 44.6 Å². The Balaban J connectivity index is 1.96. The Hall–Kier alpha value is -1.62. The minimum atomic E-state index is 0.499. The fourth-order valence-corrected chi connectivity index (χ4v) is 1.52. The zero-order valence-electron chi connectivity index (χ0n) is 8.80. The lowest BCUT2D eigenvalue weighted by Crippen LogP contribution is -2.04. The Morgan fingerprint density at radius 1 is 1.47 bits per heavy atom. The van der Waals surface area contributed by atoms with Crippen molar-refractivity contribution in [2.24, 2.45) is 12.8 Å². The van der Waals surface area contributed by atoms with Crippen molar-refractivity contribution in [1.82, 2.24) is 19.3 Å². The van der Waals surface area contributed by atoms with E-state index in [-0.39, 0.29) is 0 Å². The van der Waals surface area contributed by atoms with Gasteiger partial charge < -0.3 is 10.3 Å². The van der Waals surface area contributed by atoms with Crippen molar-refractivity contribution < 1.29 is 0 Å². The van der Waals surface area contributed by atoms with Gasteiger partial charge in [-0.3, -0.25) is 4.68 Å². The second kappa shape index (κ2) is 4.27. The lowest BCUT2D eigenvalue weighted by atomic mass is 10.3. The van der Waals surface area contributed by atoms with Crippen LogP contribution in [-0.4, -0.2) is 19.3 Å². The molecular formula is C10H15N5. The summed E-state index contributed by atoms with van der Waals surface area (Å²) in [7, 11) is 1.95. The number of aromatic nitrogens is 4. The molecule has 0 atom stereocenters. The third kappa shape index (κ3) is 2.24. The van der Waals surface area contributed by atoms with E-state index in [1.165, 1.54) is 5.69 Å². The summed E-state index contributed by atoms with van der Waals surface area (Å²) in [5.41, 5.74) is 7.64. The molecule has 0 bridgehead atoms. The highest BCUT2D eigenvalue weighted by atomic mass is 15.3. The summed E-state index contributed by atoms with van der Waals surface area (Å²) in [6.45, 7) is 1.41. The van der Waals surface area contributed by atoms with Crippen LogP contribution < -0.4 is 5.73 Å². The first kappa shape index (κ1) is 9.92. The fourth-order valence-electron chi connectivity index (χ4n) is 1.52. The largest absolute Gasteiger partial charge is 0.337 e. The molecule has 0 spiro atoms. The van der Waals surface area contributed by atoms with Crippen molar-refractivity contribution in [3.8, 4) is 0 Å². The molecule has 0 aliphatic heterocycles. The van der Waals surface area contributed by atoms with Crippen LogP contribution in [0, 0.1) is 0 Å². The molecule has 0 radical (unpaired) electrons. The molecule has 2 aromatic rings. The van der Waals surface area contributed by atoms with Crippen LogP contribution in [0.4, 0.5) is 0 Å². The highest BCUT2D eigenvalue weighted by molar-refractivity contribution is 5.01. The van der Waals surface area contributed by atoms with Gasteiger partial charge >= 0.3 is 0 Å². The van der Waals surface area contributed by atoms with E-state index in [9.17, 15) is 0 Å². The standard InChI is InChI=1S/C10H15N5/c1-14-10(2-4-13-14)3-5-15-7-9(6-11)12-8-15/h2,4,7-8H,3,5-6,11H2,1H3. The van der Waals surface area contributed by atoms with Gasteiger partial charge in [-0.15, -0.1) is 0 Å². The molecule has 80 valence electrons. The van der Waals surface area contributed by atoms with Gasteiger partial charge in [-0.05, 0) is 6.07 Å². The molecule has 2 aromatic heterocycles. The van der Waals surface area contributed by atoms with Crippen molar-refractivity contribution in [3.05, 3.63) is 36.2 Å². The normalized spacial score (nSPS) is 10.8. The van der Waals surface area contributed by atoms with Crippen molar-refractivity contribution >= 4 is 0 Å². The molecule has 5 heteroatoms. The maximum absolute atomic E-state index is 5.49. The maximum atomic E-state index is 5.49. The Morgan fingerprint density at radius 2 is 2.33 bits per heavy atom. The van der Waals surface area contributed by atoms with E-state index in [0.29, 0.717) is 6.54 Å². The number of imidazole rings is 1. The third-order valence-corrected chi connectivity index (χ3v) is 2.44. The van der Waals surface area contributed by atoms with E-state index in [4.69, 9.17) is 5.73 Å². The minimum Gasteiger partial charge on any atom is -0.337 e. The molecule has 0 aliphatic carbocycles. The van der Waals surface area contributed by atoms with Crippen LogP contribution >= 0.6 is 0 Å². The van der Waals surface area contributed by atoms with Gasteiger partial charge in [0.2, 0.25) is 0 Å². The molecule has 2 heterocycles. The molecule has 2 rings (SSSR count). The number of nitrogens with two attached hydrogens (primary N) is 1. The molecule has 2 N–H and O–H groups in total. The first-order chi connectivity index (χ1) is 7.29. The molecular weight excluding hydrogens is 190 g/mol. The quantitative estimate of drug-likeness (QED) is 0.781. The third-order valence-electron chi connectivity index (χ3n) is 2.44. The van der Waals surface area contributed by atoms with E-state index < -0.39 is 0 Å². The minimum absolute atomic E-state index is 0.499. The van der Waals surface area contributed by atoms with Gasteiger partial charge in [-0.1, -0.05) is 0 Å². The van der Waals surface area contributed by atoms with Gasteiger partial charge in [0.25, 0.3) is 0 Å². The summed E-state index contributed by atoms with van der Waals surface area (Å²) in [6.07, 6.45) is 6.57. The lowest BCUT2D eigenvalue weighted by molar-refractivity contribution is 0.636. The average molecular weight is 205 g/mol. The van der Waals surface area contributed by atoms with Crippen LogP contribution in [0.25, 0.3) is 0 Å². The summed E-state index contributed by atoms with van der Waals surface area (Å²) in [4.78, 5) is 4.17. The number of rotatable bonds is 4. The van der Waals surface area contributed by atoms with E-state index in [2.05, 4.69) is 14.6 Å². The molecule has 0 saturated heterocycles. The van der Waals surface area contributed by atoms with Gasteiger partial charge in [0.05, 0.1) is 12.0 Å². The van der Waals surface area contributed by atoms with Gasteiger partial charge in [-0.2, -0.15) is 5.10 Å². The number of nitrogens with zero attached hydrogens (tertiary/aromatic N) is 4. The molecule has 0 aliphatic rings. The smallest absolute Gasteiger partial charge is 0.0950 e. The van der Waals surface area contributed by atoms with Crippen LogP contribution in [0.3, 0.4) is 0 Å². The maximum Gasteiger partial charge on any atom is 0.0950 e. The zero-order chi connectivity index (χ0) is 10.7. The Morgan fingerprint density at radius 3 is 2.93 bits per heavy atom. The van der Waals surface area contributed by atoms with Crippen molar-refractivity contribution in [2.75, 3.05) is 0 Å². The highest BCUT2D eigenvalue weighted by Gasteiger charge is 2.00. The molecule has 15 heavy (non-hydrogen) atoms. The summed E-state index contributed by atoms with van der Waals surface area (Å²) in [5.74, 6) is 0. The molecule has 5 nitrogen and oxygen atoms in total. The number of aryl methyl sites for hydroxylation is 3. The number of hydrogen-bond acceptors (Lipinski definition) is 3. The number of hydrogen-bond donors (Lipinski definition) is 1. The van der Waals surface area contributed by atoms with Crippen molar-refractivity contribution in [3.63, 3.8) is 0 Å². The van der Waals surface area contributed by atoms with E-state index in [1.807, 2.05) is 36.5 Å². The molecule has 0 aromatic carbocycles. The summed E-state index contributed by atoms with van der Waals surface area (Å²) >= 11 is 0. The Kier molecular flexibility index (Phi) is 2.82. The van der Waals surface area contributed by atoms with E-state index >= 15 is 0 Å². The SMILES string of the molecule is Cn1nccc1CCn1cnc(CN)c1. The summed E-state index contributed by atoms with van der Waals surface area (Å²) < 4.78 is 3.94. The predicted octanol–water partition coefficient (Wildman–Crippen LogP) is 0.318. The van der Waals surface area contributed by atoms with Crippen molar-refractivity contribution in [2.45, 2.75) is 19.5 Å².